The number of carbonyl (C=O) groups is 1. The molecule has 2 rings (SSSR count). The zero-order chi connectivity index (χ0) is 11.5. The standard InChI is InChI=1S/C12H14ClNO2/c1-16-10-2-3-11(13)12(8-10)14-6-4-9(15)5-7-14/h2-3,8H,4-7H2,1H3. The predicted octanol–water partition coefficient (Wildman–Crippen LogP) is 2.52. The van der Waals surface area contributed by atoms with Crippen molar-refractivity contribution in [3.63, 3.8) is 0 Å². The Hall–Kier alpha value is -1.22. The van der Waals surface area contributed by atoms with E-state index in [9.17, 15) is 4.79 Å². The first kappa shape index (κ1) is 11.3. The molecule has 1 heterocycles. The molecular formula is C12H14ClNO2. The lowest BCUT2D eigenvalue weighted by molar-refractivity contribution is -0.119. The van der Waals surface area contributed by atoms with Crippen LogP contribution in [0.15, 0.2) is 18.2 Å². The van der Waals surface area contributed by atoms with Crippen LogP contribution in [-0.4, -0.2) is 26.0 Å². The van der Waals surface area contributed by atoms with Gasteiger partial charge >= 0.3 is 0 Å². The van der Waals surface area contributed by atoms with Crippen molar-refractivity contribution in [2.75, 3.05) is 25.1 Å². The van der Waals surface area contributed by atoms with Crippen molar-refractivity contribution in [3.05, 3.63) is 23.2 Å². The fourth-order valence-electron chi connectivity index (χ4n) is 1.86. The molecule has 0 atom stereocenters. The molecule has 3 nitrogen and oxygen atoms in total. The summed E-state index contributed by atoms with van der Waals surface area (Å²) in [6, 6.07) is 5.57. The highest BCUT2D eigenvalue weighted by atomic mass is 35.5. The Balaban J connectivity index is 2.22. The van der Waals surface area contributed by atoms with Gasteiger partial charge in [0.2, 0.25) is 0 Å². The minimum Gasteiger partial charge on any atom is -0.497 e. The molecule has 1 aromatic carbocycles. The number of hydrogen-bond acceptors (Lipinski definition) is 3. The predicted molar refractivity (Wildman–Crippen MR) is 64.5 cm³/mol. The third-order valence-electron chi connectivity index (χ3n) is 2.82. The first-order valence-electron chi connectivity index (χ1n) is 5.31. The van der Waals surface area contributed by atoms with Crippen LogP contribution in [0.3, 0.4) is 0 Å². The number of rotatable bonds is 2. The average molecular weight is 240 g/mol. The van der Waals surface area contributed by atoms with Crippen LogP contribution in [0.5, 0.6) is 5.75 Å². The summed E-state index contributed by atoms with van der Waals surface area (Å²) < 4.78 is 5.17. The van der Waals surface area contributed by atoms with Crippen LogP contribution in [0.1, 0.15) is 12.8 Å². The Morgan fingerprint density at radius 3 is 2.62 bits per heavy atom. The minimum atomic E-state index is 0.329. The van der Waals surface area contributed by atoms with Gasteiger partial charge < -0.3 is 9.64 Å². The summed E-state index contributed by atoms with van der Waals surface area (Å²) in [5.74, 6) is 1.12. The molecule has 0 aromatic heterocycles. The summed E-state index contributed by atoms with van der Waals surface area (Å²) in [7, 11) is 1.63. The Morgan fingerprint density at radius 2 is 2.00 bits per heavy atom. The van der Waals surface area contributed by atoms with E-state index in [1.807, 2.05) is 18.2 Å². The topological polar surface area (TPSA) is 29.5 Å². The number of ketones is 1. The second-order valence-corrected chi connectivity index (χ2v) is 4.25. The molecule has 0 bridgehead atoms. The molecule has 86 valence electrons. The maximum Gasteiger partial charge on any atom is 0.136 e. The Kier molecular flexibility index (Phi) is 3.34. The molecule has 0 aliphatic carbocycles. The molecule has 1 fully saturated rings. The summed E-state index contributed by atoms with van der Waals surface area (Å²) in [5, 5.41) is 0.704. The van der Waals surface area contributed by atoms with E-state index < -0.39 is 0 Å². The Labute approximate surface area is 100.0 Å². The molecule has 1 aliphatic heterocycles. The number of halogens is 1. The van der Waals surface area contributed by atoms with Gasteiger partial charge in [-0.15, -0.1) is 0 Å². The highest BCUT2D eigenvalue weighted by Gasteiger charge is 2.18. The summed E-state index contributed by atoms with van der Waals surface area (Å²) in [6.45, 7) is 1.48. The number of Topliss-reactive ketones (excluding diaryl/α,β-unsaturated/α-hetero) is 1. The van der Waals surface area contributed by atoms with Crippen molar-refractivity contribution in [2.45, 2.75) is 12.8 Å². The number of hydrogen-bond donors (Lipinski definition) is 0. The molecule has 0 unspecified atom stereocenters. The van der Waals surface area contributed by atoms with Crippen molar-refractivity contribution >= 4 is 23.1 Å². The van der Waals surface area contributed by atoms with Gasteiger partial charge in [0, 0.05) is 32.0 Å². The van der Waals surface area contributed by atoms with Gasteiger partial charge in [-0.3, -0.25) is 4.79 Å². The van der Waals surface area contributed by atoms with Gasteiger partial charge in [0.1, 0.15) is 11.5 Å². The number of anilines is 1. The fourth-order valence-corrected chi connectivity index (χ4v) is 2.10. The number of methoxy groups -OCH3 is 1. The van der Waals surface area contributed by atoms with Crippen molar-refractivity contribution < 1.29 is 9.53 Å². The second-order valence-electron chi connectivity index (χ2n) is 3.84. The average Bonchev–Trinajstić information content (AvgIpc) is 2.31. The van der Waals surface area contributed by atoms with Crippen LogP contribution in [0.4, 0.5) is 5.69 Å². The summed E-state index contributed by atoms with van der Waals surface area (Å²) in [5.41, 5.74) is 0.952. The van der Waals surface area contributed by atoms with Crippen LogP contribution < -0.4 is 9.64 Å². The lowest BCUT2D eigenvalue weighted by atomic mass is 10.1. The van der Waals surface area contributed by atoms with E-state index in [2.05, 4.69) is 4.90 Å². The molecule has 1 aromatic rings. The van der Waals surface area contributed by atoms with Gasteiger partial charge in [-0.1, -0.05) is 11.6 Å². The van der Waals surface area contributed by atoms with Crippen LogP contribution in [0, 0.1) is 0 Å². The van der Waals surface area contributed by atoms with Gasteiger partial charge in [0.25, 0.3) is 0 Å². The van der Waals surface area contributed by atoms with E-state index in [0.717, 1.165) is 24.5 Å². The van der Waals surface area contributed by atoms with Gasteiger partial charge in [0.05, 0.1) is 17.8 Å². The lowest BCUT2D eigenvalue weighted by Gasteiger charge is -2.29. The third-order valence-corrected chi connectivity index (χ3v) is 3.13. The summed E-state index contributed by atoms with van der Waals surface area (Å²) >= 11 is 6.14. The van der Waals surface area contributed by atoms with E-state index in [1.54, 1.807) is 7.11 Å². The highest BCUT2D eigenvalue weighted by Crippen LogP contribution is 2.31. The Morgan fingerprint density at radius 1 is 1.31 bits per heavy atom. The molecule has 1 saturated heterocycles. The molecule has 0 spiro atoms. The number of ether oxygens (including phenoxy) is 1. The number of piperidine rings is 1. The SMILES string of the molecule is COc1ccc(Cl)c(N2CCC(=O)CC2)c1. The van der Waals surface area contributed by atoms with Crippen LogP contribution in [0.2, 0.25) is 5.02 Å². The van der Waals surface area contributed by atoms with E-state index in [4.69, 9.17) is 16.3 Å². The maximum absolute atomic E-state index is 11.2. The first-order valence-corrected chi connectivity index (χ1v) is 5.68. The van der Waals surface area contributed by atoms with Gasteiger partial charge in [-0.05, 0) is 12.1 Å². The quantitative estimate of drug-likeness (QED) is 0.794. The Bertz CT molecular complexity index is 396. The van der Waals surface area contributed by atoms with Gasteiger partial charge in [0.15, 0.2) is 0 Å². The lowest BCUT2D eigenvalue weighted by Crippen LogP contribution is -2.33. The van der Waals surface area contributed by atoms with E-state index in [-0.39, 0.29) is 0 Å². The summed E-state index contributed by atoms with van der Waals surface area (Å²) in [4.78, 5) is 13.3. The molecule has 0 N–H and O–H groups in total. The smallest absolute Gasteiger partial charge is 0.136 e. The summed E-state index contributed by atoms with van der Waals surface area (Å²) in [6.07, 6.45) is 1.21. The normalized spacial score (nSPS) is 16.4. The third kappa shape index (κ3) is 2.30. The van der Waals surface area contributed by atoms with Crippen molar-refractivity contribution in [1.29, 1.82) is 0 Å². The van der Waals surface area contributed by atoms with E-state index in [0.29, 0.717) is 23.6 Å². The zero-order valence-corrected chi connectivity index (χ0v) is 9.96. The van der Waals surface area contributed by atoms with Crippen LogP contribution in [0.25, 0.3) is 0 Å². The first-order chi connectivity index (χ1) is 7.70. The van der Waals surface area contributed by atoms with Crippen molar-refractivity contribution in [1.82, 2.24) is 0 Å². The molecule has 0 amide bonds. The van der Waals surface area contributed by atoms with Crippen molar-refractivity contribution in [2.24, 2.45) is 0 Å². The molecule has 16 heavy (non-hydrogen) atoms. The minimum absolute atomic E-state index is 0.329. The number of nitrogens with zero attached hydrogens (tertiary/aromatic N) is 1. The number of carbonyl (C=O) groups excluding carboxylic acids is 1. The molecule has 0 radical (unpaired) electrons. The van der Waals surface area contributed by atoms with Gasteiger partial charge in [-0.2, -0.15) is 0 Å². The number of benzene rings is 1. The van der Waals surface area contributed by atoms with Crippen LogP contribution in [-0.2, 0) is 4.79 Å². The molecule has 0 saturated carbocycles. The zero-order valence-electron chi connectivity index (χ0n) is 9.20. The van der Waals surface area contributed by atoms with E-state index >= 15 is 0 Å². The molecular weight excluding hydrogens is 226 g/mol. The largest absolute Gasteiger partial charge is 0.497 e. The van der Waals surface area contributed by atoms with E-state index in [1.165, 1.54) is 0 Å². The highest BCUT2D eigenvalue weighted by molar-refractivity contribution is 6.33. The fraction of sp³-hybridized carbons (Fsp3) is 0.417. The van der Waals surface area contributed by atoms with Gasteiger partial charge in [-0.25, -0.2) is 0 Å². The maximum atomic E-state index is 11.2. The molecule has 4 heteroatoms. The van der Waals surface area contributed by atoms with Crippen LogP contribution >= 0.6 is 11.6 Å². The second kappa shape index (κ2) is 4.74. The molecule has 1 aliphatic rings. The monoisotopic (exact) mass is 239 g/mol. The van der Waals surface area contributed by atoms with Crippen molar-refractivity contribution in [3.8, 4) is 5.75 Å².